The van der Waals surface area contributed by atoms with Crippen LogP contribution in [0.25, 0.3) is 11.1 Å². The first-order valence-electron chi connectivity index (χ1n) is 17.1. The van der Waals surface area contributed by atoms with Crippen molar-refractivity contribution >= 4 is 0 Å². The summed E-state index contributed by atoms with van der Waals surface area (Å²) in [4.78, 5) is 0. The summed E-state index contributed by atoms with van der Waals surface area (Å²) in [5.41, 5.74) is 1.01. The van der Waals surface area contributed by atoms with Crippen LogP contribution in [0.5, 0.6) is 0 Å². The summed E-state index contributed by atoms with van der Waals surface area (Å²) in [6, 6.07) is 9.25. The first-order chi connectivity index (χ1) is 21.7. The Balaban J connectivity index is 1.10. The second kappa shape index (κ2) is 15.2. The van der Waals surface area contributed by atoms with Crippen LogP contribution >= 0.6 is 0 Å². The summed E-state index contributed by atoms with van der Waals surface area (Å²) in [6.07, 6.45) is 13.2. The second-order valence-electron chi connectivity index (χ2n) is 13.5. The van der Waals surface area contributed by atoms with Gasteiger partial charge in [-0.3, -0.25) is 0 Å². The predicted octanol–water partition coefficient (Wildman–Crippen LogP) is 12.5. The molecule has 6 heteroatoms. The third-order valence-corrected chi connectivity index (χ3v) is 10.7. The lowest BCUT2D eigenvalue weighted by atomic mass is 9.73. The summed E-state index contributed by atoms with van der Waals surface area (Å²) in [5, 5.41) is 0. The minimum Gasteiger partial charge on any atom is -0.203 e. The summed E-state index contributed by atoms with van der Waals surface area (Å²) < 4.78 is 89.0. The second-order valence-corrected chi connectivity index (χ2v) is 13.5. The molecule has 0 heterocycles. The highest BCUT2D eigenvalue weighted by atomic mass is 19.2. The Morgan fingerprint density at radius 2 is 0.933 bits per heavy atom. The van der Waals surface area contributed by atoms with Gasteiger partial charge in [0.15, 0.2) is 34.9 Å². The highest BCUT2D eigenvalue weighted by Gasteiger charge is 2.30. The number of hydrogen-bond donors (Lipinski definition) is 0. The Kier molecular flexibility index (Phi) is 11.4. The van der Waals surface area contributed by atoms with Crippen molar-refractivity contribution in [2.45, 2.75) is 122 Å². The Hall–Kier alpha value is -2.76. The quantitative estimate of drug-likeness (QED) is 0.146. The van der Waals surface area contributed by atoms with Gasteiger partial charge in [-0.15, -0.1) is 0 Å². The van der Waals surface area contributed by atoms with E-state index < -0.39 is 34.9 Å². The summed E-state index contributed by atoms with van der Waals surface area (Å²) >= 11 is 0. The average Bonchev–Trinajstić information content (AvgIpc) is 3.06. The Morgan fingerprint density at radius 3 is 1.47 bits per heavy atom. The van der Waals surface area contributed by atoms with Crippen LogP contribution in [0.2, 0.25) is 0 Å². The molecule has 0 aliphatic heterocycles. The molecule has 3 aromatic carbocycles. The molecule has 0 aromatic heterocycles. The molecular formula is C39H46F6. The maximum atomic E-state index is 15.2. The largest absolute Gasteiger partial charge is 0.203 e. The third-order valence-electron chi connectivity index (χ3n) is 10.7. The lowest BCUT2D eigenvalue weighted by molar-refractivity contribution is 0.249. The van der Waals surface area contributed by atoms with Gasteiger partial charge in [-0.1, -0.05) is 75.9 Å². The van der Waals surface area contributed by atoms with Gasteiger partial charge in [-0.25, -0.2) is 26.3 Å². The number of aryl methyl sites for hydroxylation is 2. The van der Waals surface area contributed by atoms with E-state index in [1.807, 2.05) is 6.07 Å². The van der Waals surface area contributed by atoms with E-state index in [-0.39, 0.29) is 28.5 Å². The van der Waals surface area contributed by atoms with Gasteiger partial charge in [-0.2, -0.15) is 0 Å². The molecule has 0 nitrogen and oxygen atoms in total. The van der Waals surface area contributed by atoms with E-state index in [2.05, 4.69) is 6.92 Å². The summed E-state index contributed by atoms with van der Waals surface area (Å²) in [5.74, 6) is -4.48. The van der Waals surface area contributed by atoms with Crippen molar-refractivity contribution in [3.8, 4) is 11.1 Å². The molecule has 2 aliphatic rings. The van der Waals surface area contributed by atoms with Crippen LogP contribution in [-0.4, -0.2) is 0 Å². The fraction of sp³-hybridized carbons (Fsp3) is 0.538. The van der Waals surface area contributed by atoms with E-state index in [0.29, 0.717) is 41.4 Å². The van der Waals surface area contributed by atoms with Crippen LogP contribution in [-0.2, 0) is 12.8 Å². The Morgan fingerprint density at radius 1 is 0.489 bits per heavy atom. The van der Waals surface area contributed by atoms with Gasteiger partial charge in [0.05, 0.1) is 0 Å². The molecule has 3 aromatic rings. The van der Waals surface area contributed by atoms with Gasteiger partial charge in [0, 0.05) is 11.1 Å². The molecule has 0 unspecified atom stereocenters. The van der Waals surface area contributed by atoms with E-state index >= 15 is 8.78 Å². The molecule has 5 rings (SSSR count). The predicted molar refractivity (Wildman–Crippen MR) is 169 cm³/mol. The lowest BCUT2D eigenvalue weighted by Gasteiger charge is -2.32. The van der Waals surface area contributed by atoms with Crippen molar-refractivity contribution in [1.82, 2.24) is 0 Å². The van der Waals surface area contributed by atoms with Crippen molar-refractivity contribution in [1.29, 1.82) is 0 Å². The van der Waals surface area contributed by atoms with E-state index in [4.69, 9.17) is 0 Å². The van der Waals surface area contributed by atoms with E-state index in [1.54, 1.807) is 13.0 Å². The summed E-state index contributed by atoms with van der Waals surface area (Å²) in [7, 11) is 0. The van der Waals surface area contributed by atoms with Crippen molar-refractivity contribution in [3.63, 3.8) is 0 Å². The average molecular weight is 629 g/mol. The van der Waals surface area contributed by atoms with Gasteiger partial charge < -0.3 is 0 Å². The zero-order valence-electron chi connectivity index (χ0n) is 26.6. The standard InChI is InChI=1S/C39H46F6/c1-3-5-6-7-29-19-20-30(36(42)35(29)41)27-14-10-24(11-15-27)8-9-25-12-16-28(17-13-25)31-22-23-33(39(45)37(31)43)32-21-18-26(4-2)34(40)38(32)44/h18-25,27-28H,3-17H2,1-2H3. The molecule has 0 N–H and O–H groups in total. The van der Waals surface area contributed by atoms with Gasteiger partial charge >= 0.3 is 0 Å². The SMILES string of the molecule is CCCCCc1ccc(C2CCC(CCC3CCC(c4ccc(-c5ccc(CC)c(F)c5F)c(F)c4F)CC3)CC2)c(F)c1F. The minimum atomic E-state index is -1.15. The molecule has 2 fully saturated rings. The molecular weight excluding hydrogens is 582 g/mol. The zero-order chi connectivity index (χ0) is 32.1. The van der Waals surface area contributed by atoms with Crippen LogP contribution in [0.15, 0.2) is 36.4 Å². The highest BCUT2D eigenvalue weighted by molar-refractivity contribution is 5.66. The number of hydrogen-bond acceptors (Lipinski definition) is 0. The van der Waals surface area contributed by atoms with Crippen molar-refractivity contribution in [2.75, 3.05) is 0 Å². The third kappa shape index (κ3) is 7.46. The number of halogens is 6. The normalized spacial score (nSPS) is 22.1. The molecule has 0 spiro atoms. The minimum absolute atomic E-state index is 0.0729. The smallest absolute Gasteiger partial charge is 0.167 e. The van der Waals surface area contributed by atoms with Crippen LogP contribution in [0.4, 0.5) is 26.3 Å². The van der Waals surface area contributed by atoms with Crippen LogP contribution < -0.4 is 0 Å². The molecule has 0 atom stereocenters. The van der Waals surface area contributed by atoms with Crippen molar-refractivity contribution in [3.05, 3.63) is 93.6 Å². The number of unbranched alkanes of at least 4 members (excludes halogenated alkanes) is 2. The Bertz CT molecular complexity index is 1450. The fourth-order valence-electron chi connectivity index (χ4n) is 7.83. The molecule has 244 valence electrons. The van der Waals surface area contributed by atoms with Crippen LogP contribution in [0.1, 0.15) is 131 Å². The van der Waals surface area contributed by atoms with Gasteiger partial charge in [0.25, 0.3) is 0 Å². The van der Waals surface area contributed by atoms with Crippen molar-refractivity contribution < 1.29 is 26.3 Å². The zero-order valence-corrected chi connectivity index (χ0v) is 26.6. The Labute approximate surface area is 264 Å². The van der Waals surface area contributed by atoms with E-state index in [1.165, 1.54) is 24.3 Å². The molecule has 2 aliphatic carbocycles. The number of benzene rings is 3. The van der Waals surface area contributed by atoms with Crippen molar-refractivity contribution in [2.24, 2.45) is 11.8 Å². The monoisotopic (exact) mass is 628 g/mol. The highest BCUT2D eigenvalue weighted by Crippen LogP contribution is 2.43. The van der Waals surface area contributed by atoms with Crippen LogP contribution in [0, 0.1) is 46.7 Å². The van der Waals surface area contributed by atoms with Gasteiger partial charge in [-0.05, 0) is 117 Å². The molecule has 0 radical (unpaired) electrons. The molecule has 0 saturated heterocycles. The molecule has 2 saturated carbocycles. The van der Waals surface area contributed by atoms with E-state index in [0.717, 1.165) is 83.5 Å². The number of rotatable bonds is 11. The van der Waals surface area contributed by atoms with Crippen LogP contribution in [0.3, 0.4) is 0 Å². The molecule has 45 heavy (non-hydrogen) atoms. The fourth-order valence-corrected chi connectivity index (χ4v) is 7.83. The lowest BCUT2D eigenvalue weighted by Crippen LogP contribution is -2.18. The first kappa shape index (κ1) is 33.6. The first-order valence-corrected chi connectivity index (χ1v) is 17.1. The van der Waals surface area contributed by atoms with E-state index in [9.17, 15) is 17.6 Å². The van der Waals surface area contributed by atoms with Gasteiger partial charge in [0.1, 0.15) is 0 Å². The summed E-state index contributed by atoms with van der Waals surface area (Å²) in [6.45, 7) is 3.80. The van der Waals surface area contributed by atoms with Gasteiger partial charge in [0.2, 0.25) is 0 Å². The molecule has 0 bridgehead atoms. The molecule has 0 amide bonds. The topological polar surface area (TPSA) is 0 Å². The maximum absolute atomic E-state index is 15.2. The maximum Gasteiger partial charge on any atom is 0.167 e.